The van der Waals surface area contributed by atoms with Crippen LogP contribution in [-0.2, 0) is 23.8 Å². The summed E-state index contributed by atoms with van der Waals surface area (Å²) in [6, 6.07) is 0. The third-order valence-electron chi connectivity index (χ3n) is 8.32. The van der Waals surface area contributed by atoms with E-state index >= 15 is 0 Å². The molecule has 0 heterocycles. The fourth-order valence-electron chi connectivity index (χ4n) is 5.22. The van der Waals surface area contributed by atoms with Gasteiger partial charge in [0.15, 0.2) is 0 Å². The van der Waals surface area contributed by atoms with E-state index in [1.54, 1.807) is 0 Å². The number of carbonyl (C=O) groups excluding carboxylic acids is 2. The monoisotopic (exact) mass is 691 g/mol. The van der Waals surface area contributed by atoms with E-state index in [2.05, 4.69) is 62.5 Å². The second-order valence-electron chi connectivity index (χ2n) is 13.1. The molecule has 284 valence electrons. The van der Waals surface area contributed by atoms with Crippen molar-refractivity contribution in [2.45, 2.75) is 180 Å². The number of ether oxygens (including phenoxy) is 3. The van der Waals surface area contributed by atoms with Crippen molar-refractivity contribution in [3.05, 3.63) is 48.6 Å². The number of hydrogen-bond donors (Lipinski definition) is 2. The molecule has 0 aromatic carbocycles. The molecule has 0 aliphatic heterocycles. The van der Waals surface area contributed by atoms with E-state index in [0.717, 1.165) is 89.9 Å². The lowest BCUT2D eigenvalue weighted by molar-refractivity contribution is -0.160. The maximum atomic E-state index is 12.2. The van der Waals surface area contributed by atoms with Gasteiger partial charge in [0.05, 0.1) is 13.2 Å². The van der Waals surface area contributed by atoms with Crippen molar-refractivity contribution in [3.63, 3.8) is 0 Å². The molecule has 0 bridgehead atoms. The number of carbonyl (C=O) groups is 2. The first-order valence-corrected chi connectivity index (χ1v) is 19.9. The Hall–Kier alpha value is -2.22. The maximum Gasteiger partial charge on any atom is 0.305 e. The van der Waals surface area contributed by atoms with E-state index in [9.17, 15) is 19.8 Å². The van der Waals surface area contributed by atoms with Crippen molar-refractivity contribution in [2.24, 2.45) is 0 Å². The zero-order valence-corrected chi connectivity index (χ0v) is 31.5. The Kier molecular flexibility index (Phi) is 36.8. The molecular formula is C42H74O7. The maximum absolute atomic E-state index is 12.2. The zero-order chi connectivity index (χ0) is 35.9. The molecule has 0 aliphatic rings. The highest BCUT2D eigenvalue weighted by Crippen LogP contribution is 2.11. The van der Waals surface area contributed by atoms with Crippen LogP contribution >= 0.6 is 0 Å². The first-order valence-electron chi connectivity index (χ1n) is 19.9. The van der Waals surface area contributed by atoms with Crippen LogP contribution in [0.5, 0.6) is 0 Å². The number of rotatable bonds is 36. The number of aliphatic hydroxyl groups excluding tert-OH is 2. The van der Waals surface area contributed by atoms with Crippen molar-refractivity contribution in [3.8, 4) is 0 Å². The summed E-state index contributed by atoms with van der Waals surface area (Å²) in [5.41, 5.74) is 0. The summed E-state index contributed by atoms with van der Waals surface area (Å²) in [7, 11) is 0. The first kappa shape index (κ1) is 46.8. The predicted octanol–water partition coefficient (Wildman–Crippen LogP) is 10.4. The molecule has 0 amide bonds. The lowest BCUT2D eigenvalue weighted by Crippen LogP contribution is -2.35. The third kappa shape index (κ3) is 35.4. The molecular weight excluding hydrogens is 616 g/mol. The second kappa shape index (κ2) is 38.6. The average Bonchev–Trinajstić information content (AvgIpc) is 3.11. The molecule has 0 fully saturated rings. The lowest BCUT2D eigenvalue weighted by Gasteiger charge is -2.22. The zero-order valence-electron chi connectivity index (χ0n) is 31.5. The van der Waals surface area contributed by atoms with Crippen LogP contribution in [0.25, 0.3) is 0 Å². The normalized spacial score (nSPS) is 13.3. The van der Waals surface area contributed by atoms with E-state index in [1.807, 2.05) is 0 Å². The van der Waals surface area contributed by atoms with Gasteiger partial charge in [-0.15, -0.1) is 0 Å². The number of hydrogen-bond acceptors (Lipinski definition) is 7. The summed E-state index contributed by atoms with van der Waals surface area (Å²) in [4.78, 5) is 24.3. The Labute approximate surface area is 300 Å². The van der Waals surface area contributed by atoms with Crippen LogP contribution in [0.1, 0.15) is 168 Å². The van der Waals surface area contributed by atoms with Crippen LogP contribution in [0.2, 0.25) is 0 Å². The van der Waals surface area contributed by atoms with Gasteiger partial charge in [0.2, 0.25) is 0 Å². The lowest BCUT2D eigenvalue weighted by atomic mass is 10.1. The van der Waals surface area contributed by atoms with Crippen LogP contribution in [0.4, 0.5) is 0 Å². The van der Waals surface area contributed by atoms with Crippen molar-refractivity contribution in [1.82, 2.24) is 0 Å². The number of aliphatic hydroxyl groups is 2. The molecule has 0 aromatic heterocycles. The molecule has 2 unspecified atom stereocenters. The van der Waals surface area contributed by atoms with E-state index in [4.69, 9.17) is 14.2 Å². The van der Waals surface area contributed by atoms with Gasteiger partial charge < -0.3 is 24.4 Å². The smallest absolute Gasteiger partial charge is 0.305 e. The highest BCUT2D eigenvalue weighted by molar-refractivity contribution is 5.69. The number of allylic oxidation sites excluding steroid dienone is 8. The summed E-state index contributed by atoms with van der Waals surface area (Å²) in [5.74, 6) is -0.644. The largest absolute Gasteiger partial charge is 0.463 e. The Morgan fingerprint density at radius 1 is 0.469 bits per heavy atom. The Morgan fingerprint density at radius 3 is 1.14 bits per heavy atom. The summed E-state index contributed by atoms with van der Waals surface area (Å²) < 4.78 is 16.2. The van der Waals surface area contributed by atoms with Crippen LogP contribution in [0.15, 0.2) is 48.6 Å². The topological polar surface area (TPSA) is 102 Å². The minimum Gasteiger partial charge on any atom is -0.463 e. The third-order valence-corrected chi connectivity index (χ3v) is 8.32. The first-order chi connectivity index (χ1) is 24.1. The van der Waals surface area contributed by atoms with Gasteiger partial charge in [0.1, 0.15) is 25.4 Å². The highest BCUT2D eigenvalue weighted by atomic mass is 16.6. The van der Waals surface area contributed by atoms with Gasteiger partial charge in [0.25, 0.3) is 0 Å². The van der Waals surface area contributed by atoms with Crippen LogP contribution in [0, 0.1) is 0 Å². The van der Waals surface area contributed by atoms with Gasteiger partial charge >= 0.3 is 11.9 Å². The van der Waals surface area contributed by atoms with E-state index in [-0.39, 0.29) is 38.4 Å². The van der Waals surface area contributed by atoms with Gasteiger partial charge in [-0.05, 0) is 77.0 Å². The van der Waals surface area contributed by atoms with Gasteiger partial charge in [-0.25, -0.2) is 0 Å². The molecule has 7 heteroatoms. The summed E-state index contributed by atoms with van der Waals surface area (Å²) >= 11 is 0. The molecule has 7 nitrogen and oxygen atoms in total. The minimum atomic E-state index is -0.786. The molecule has 2 N–H and O–H groups in total. The molecule has 2 atom stereocenters. The van der Waals surface area contributed by atoms with E-state index < -0.39 is 12.2 Å². The highest BCUT2D eigenvalue weighted by Gasteiger charge is 2.19. The van der Waals surface area contributed by atoms with Crippen LogP contribution in [-0.4, -0.2) is 60.8 Å². The van der Waals surface area contributed by atoms with Crippen molar-refractivity contribution < 1.29 is 34.0 Å². The van der Waals surface area contributed by atoms with Gasteiger partial charge in [-0.1, -0.05) is 127 Å². The van der Waals surface area contributed by atoms with Crippen LogP contribution < -0.4 is 0 Å². The fraction of sp³-hybridized carbons (Fsp3) is 0.762. The molecule has 0 aliphatic carbocycles. The molecule has 0 radical (unpaired) electrons. The number of unbranched alkanes of at least 4 members (excludes halogenated alkanes) is 16. The molecule has 0 rings (SSSR count). The molecule has 0 spiro atoms. The molecule has 0 aromatic rings. The quantitative estimate of drug-likeness (QED) is 0.0383. The van der Waals surface area contributed by atoms with Gasteiger partial charge in [0, 0.05) is 12.8 Å². The Balaban J connectivity index is 3.81. The van der Waals surface area contributed by atoms with Crippen LogP contribution in [0.3, 0.4) is 0 Å². The summed E-state index contributed by atoms with van der Waals surface area (Å²) in [5, 5.41) is 19.3. The second-order valence-corrected chi connectivity index (χ2v) is 13.1. The SMILES string of the molecule is CCCCC/C=C\C/C=C\CCCCCCCC(=O)OCC(CO)OC(CO)COC(=O)CCCCCCC/C=C\C/C=C\CCCCC. The Bertz CT molecular complexity index is 780. The van der Waals surface area contributed by atoms with Gasteiger partial charge in [-0.2, -0.15) is 0 Å². The van der Waals surface area contributed by atoms with Crippen molar-refractivity contribution >= 4 is 11.9 Å². The molecule has 49 heavy (non-hydrogen) atoms. The molecule has 0 saturated heterocycles. The molecule has 0 saturated carbocycles. The van der Waals surface area contributed by atoms with Gasteiger partial charge in [-0.3, -0.25) is 9.59 Å². The number of esters is 2. The Morgan fingerprint density at radius 2 is 0.796 bits per heavy atom. The minimum absolute atomic E-state index is 0.105. The predicted molar refractivity (Wildman–Crippen MR) is 203 cm³/mol. The van der Waals surface area contributed by atoms with Crippen molar-refractivity contribution in [2.75, 3.05) is 26.4 Å². The fourth-order valence-corrected chi connectivity index (χ4v) is 5.22. The van der Waals surface area contributed by atoms with E-state index in [1.165, 1.54) is 51.4 Å². The average molecular weight is 691 g/mol. The standard InChI is InChI=1S/C42H74O7/c1-3-5-7-9-11-13-15-17-19-21-23-25-27-29-31-33-41(45)47-37-39(35-43)49-40(36-44)38-48-42(46)34-32-30-28-26-24-22-20-18-16-14-12-10-8-6-4-2/h11-14,17-20,39-40,43-44H,3-10,15-16,21-38H2,1-2H3/b13-11-,14-12-,19-17-,20-18-. The van der Waals surface area contributed by atoms with Crippen molar-refractivity contribution in [1.29, 1.82) is 0 Å². The summed E-state index contributed by atoms with van der Waals surface area (Å²) in [6.45, 7) is 3.51. The van der Waals surface area contributed by atoms with E-state index in [0.29, 0.717) is 12.8 Å². The summed E-state index contributed by atoms with van der Waals surface area (Å²) in [6.07, 6.45) is 41.8.